The van der Waals surface area contributed by atoms with Gasteiger partial charge in [-0.05, 0) is 19.4 Å². The first-order valence-corrected chi connectivity index (χ1v) is 22.4. The van der Waals surface area contributed by atoms with Crippen LogP contribution in [0.15, 0.2) is 18.2 Å². The van der Waals surface area contributed by atoms with Gasteiger partial charge in [-0.25, -0.2) is 4.79 Å². The van der Waals surface area contributed by atoms with E-state index in [-0.39, 0.29) is 40.8 Å². The molecule has 342 valence electrons. The van der Waals surface area contributed by atoms with E-state index in [9.17, 15) is 44.4 Å². The number of fused-ring (bicyclic) bond motifs is 3. The molecule has 15 heteroatoms. The van der Waals surface area contributed by atoms with Crippen LogP contribution in [0.25, 0.3) is 0 Å². The van der Waals surface area contributed by atoms with Gasteiger partial charge in [0.2, 0.25) is 11.6 Å². The molecule has 1 heterocycles. The summed E-state index contributed by atoms with van der Waals surface area (Å²) in [6.07, 6.45) is 12.2. The maximum Gasteiger partial charge on any atom is 0.344 e. The highest BCUT2D eigenvalue weighted by Gasteiger charge is 2.50. The van der Waals surface area contributed by atoms with Crippen molar-refractivity contribution < 1.29 is 68.1 Å². The molecular weight excluding hydrogens is 803 g/mol. The van der Waals surface area contributed by atoms with Gasteiger partial charge in [-0.3, -0.25) is 19.2 Å². The number of ether oxygens (including phenoxy) is 5. The second-order valence-electron chi connectivity index (χ2n) is 17.0. The van der Waals surface area contributed by atoms with Crippen molar-refractivity contribution in [2.45, 2.75) is 172 Å². The minimum absolute atomic E-state index is 0.0425. The number of methoxy groups -OCH3 is 1. The summed E-state index contributed by atoms with van der Waals surface area (Å²) in [4.78, 5) is 66.4. The number of carbonyl (C=O) groups excluding carboxylic acids is 5. The van der Waals surface area contributed by atoms with E-state index in [2.05, 4.69) is 6.92 Å². The number of hydrogen-bond donors (Lipinski definition) is 5. The summed E-state index contributed by atoms with van der Waals surface area (Å²) < 4.78 is 27.5. The second kappa shape index (κ2) is 22.8. The molecule has 6 N–H and O–H groups in total. The van der Waals surface area contributed by atoms with Crippen LogP contribution < -0.4 is 10.5 Å². The molecule has 1 aliphatic heterocycles. The molecule has 2 aromatic rings. The summed E-state index contributed by atoms with van der Waals surface area (Å²) in [5, 5.41) is 45.8. The van der Waals surface area contributed by atoms with Gasteiger partial charge in [0.25, 0.3) is 0 Å². The Balaban J connectivity index is 1.16. The van der Waals surface area contributed by atoms with Gasteiger partial charge in [0.1, 0.15) is 22.8 Å². The monoisotopic (exact) mass is 867 g/mol. The first kappa shape index (κ1) is 48.6. The number of phenols is 2. The van der Waals surface area contributed by atoms with Gasteiger partial charge >= 0.3 is 11.9 Å². The first-order chi connectivity index (χ1) is 29.7. The molecule has 0 saturated carbocycles. The number of nitrogens with two attached hydrogens (primary N) is 1. The van der Waals surface area contributed by atoms with Crippen molar-refractivity contribution >= 4 is 29.3 Å². The number of aliphatic hydroxyl groups is 2. The fraction of sp³-hybridized carbons (Fsp3) is 0.638. The quantitative estimate of drug-likeness (QED) is 0.0374. The Bertz CT molecular complexity index is 1900. The Morgan fingerprint density at radius 2 is 1.39 bits per heavy atom. The highest BCUT2D eigenvalue weighted by molar-refractivity contribution is 6.31. The first-order valence-electron chi connectivity index (χ1n) is 22.4. The minimum atomic E-state index is -2.41. The summed E-state index contributed by atoms with van der Waals surface area (Å²) in [6.45, 7) is 2.10. The number of carbonyl (C=O) groups is 5. The number of ketones is 3. The Hall–Kier alpha value is -4.41. The Kier molecular flexibility index (Phi) is 17.9. The van der Waals surface area contributed by atoms with Crippen molar-refractivity contribution in [2.24, 2.45) is 5.73 Å². The molecule has 6 atom stereocenters. The molecule has 0 radical (unpaired) electrons. The maximum absolute atomic E-state index is 14.0. The van der Waals surface area contributed by atoms with Crippen molar-refractivity contribution in [2.75, 3.05) is 20.3 Å². The number of aliphatic hydroxyl groups excluding tert-OH is 1. The SMILES string of the molecule is CCCCCCCCCCCCCCCCCC(=O)OCC(=O)OCC(=O)[C@]1(O)Cc2c(O)c3c(c(O)c2[C@@H](O[C@@H]2C[C@H](N)[C@H](O)[C@H](C)O2)C1)C(=O)c1c(OC)cccc1C3=O. The lowest BCUT2D eigenvalue weighted by molar-refractivity contribution is -0.247. The number of benzene rings is 2. The van der Waals surface area contributed by atoms with E-state index >= 15 is 0 Å². The van der Waals surface area contributed by atoms with E-state index in [1.54, 1.807) is 6.92 Å². The molecule has 62 heavy (non-hydrogen) atoms. The predicted octanol–water partition coefficient (Wildman–Crippen LogP) is 6.36. The molecule has 0 spiro atoms. The van der Waals surface area contributed by atoms with Crippen LogP contribution in [0.1, 0.15) is 178 Å². The zero-order chi connectivity index (χ0) is 45.0. The highest BCUT2D eigenvalue weighted by Crippen LogP contribution is 2.52. The number of Topliss-reactive ketones (excluding diaryl/α,β-unsaturated/α-hetero) is 1. The van der Waals surface area contributed by atoms with Gasteiger partial charge in [0.15, 0.2) is 25.3 Å². The summed E-state index contributed by atoms with van der Waals surface area (Å²) in [7, 11) is 1.31. The minimum Gasteiger partial charge on any atom is -0.507 e. The van der Waals surface area contributed by atoms with Gasteiger partial charge < -0.3 is 49.8 Å². The van der Waals surface area contributed by atoms with E-state index < -0.39 is 114 Å². The van der Waals surface area contributed by atoms with E-state index in [1.807, 2.05) is 0 Å². The molecule has 1 fully saturated rings. The molecule has 0 bridgehead atoms. The van der Waals surface area contributed by atoms with Crippen LogP contribution in [0.3, 0.4) is 0 Å². The largest absolute Gasteiger partial charge is 0.507 e. The van der Waals surface area contributed by atoms with Crippen LogP contribution >= 0.6 is 0 Å². The number of esters is 2. The molecule has 3 aliphatic rings. The fourth-order valence-corrected chi connectivity index (χ4v) is 8.78. The Morgan fingerprint density at radius 1 is 0.806 bits per heavy atom. The number of aromatic hydroxyl groups is 2. The smallest absolute Gasteiger partial charge is 0.344 e. The second-order valence-corrected chi connectivity index (χ2v) is 17.0. The van der Waals surface area contributed by atoms with E-state index in [0.29, 0.717) is 6.42 Å². The lowest BCUT2D eigenvalue weighted by Gasteiger charge is -2.42. The van der Waals surface area contributed by atoms with Crippen LogP contribution in [-0.4, -0.2) is 100 Å². The molecular formula is C47H65NO14. The highest BCUT2D eigenvalue weighted by atomic mass is 16.7. The van der Waals surface area contributed by atoms with E-state index in [4.69, 9.17) is 29.4 Å². The summed E-state index contributed by atoms with van der Waals surface area (Å²) in [5.41, 5.74) is 2.02. The lowest BCUT2D eigenvalue weighted by atomic mass is 9.72. The average Bonchev–Trinajstić information content (AvgIpc) is 3.25. The average molecular weight is 868 g/mol. The predicted molar refractivity (Wildman–Crippen MR) is 226 cm³/mol. The van der Waals surface area contributed by atoms with Crippen molar-refractivity contribution in [3.63, 3.8) is 0 Å². The van der Waals surface area contributed by atoms with E-state index in [1.165, 1.54) is 95.9 Å². The number of phenolic OH excluding ortho intramolecular Hbond substituents is 2. The van der Waals surface area contributed by atoms with Crippen molar-refractivity contribution in [1.82, 2.24) is 0 Å². The molecule has 1 saturated heterocycles. The molecule has 2 aliphatic carbocycles. The third-order valence-corrected chi connectivity index (χ3v) is 12.4. The molecule has 5 rings (SSSR count). The van der Waals surface area contributed by atoms with Crippen LogP contribution in [0, 0.1) is 0 Å². The van der Waals surface area contributed by atoms with Crippen molar-refractivity contribution in [1.29, 1.82) is 0 Å². The molecule has 2 aromatic carbocycles. The Labute approximate surface area is 363 Å². The molecule has 15 nitrogen and oxygen atoms in total. The van der Waals surface area contributed by atoms with E-state index in [0.717, 1.165) is 19.3 Å². The number of hydrogen-bond acceptors (Lipinski definition) is 15. The Morgan fingerprint density at radius 3 is 1.98 bits per heavy atom. The zero-order valence-corrected chi connectivity index (χ0v) is 36.4. The van der Waals surface area contributed by atoms with Gasteiger partial charge in [-0.15, -0.1) is 0 Å². The molecule has 0 aromatic heterocycles. The van der Waals surface area contributed by atoms with Gasteiger partial charge in [0, 0.05) is 48.4 Å². The summed E-state index contributed by atoms with van der Waals surface area (Å²) in [6, 6.07) is 3.54. The number of rotatable bonds is 24. The van der Waals surface area contributed by atoms with Crippen LogP contribution in [0.4, 0.5) is 0 Å². The summed E-state index contributed by atoms with van der Waals surface area (Å²) in [5.74, 6) is -5.66. The standard InChI is InChI=1S/C47H65NO14/c1-4-5-6-7-8-9-10-11-12-13-14-15-16-17-18-22-35(50)60-27-36(51)59-26-34(49)47(57)24-30-39(33(25-47)62-37-23-31(48)42(52)28(2)61-37)46(56)41-40(44(30)54)43(53)29-20-19-21-32(58-3)38(29)45(41)55/h19-21,28,31,33,37,42,52,54,56-57H,4-18,22-27,48H2,1-3H3/t28-,31-,33-,37+,42+,47-/m0/s1. The van der Waals surface area contributed by atoms with Crippen LogP contribution in [0.5, 0.6) is 17.2 Å². The maximum atomic E-state index is 14.0. The van der Waals surface area contributed by atoms with Gasteiger partial charge in [-0.2, -0.15) is 0 Å². The zero-order valence-electron chi connectivity index (χ0n) is 36.4. The lowest BCUT2D eigenvalue weighted by Crippen LogP contribution is -2.53. The normalized spacial score (nSPS) is 23.0. The topological polar surface area (TPSA) is 238 Å². The van der Waals surface area contributed by atoms with Crippen LogP contribution in [-0.2, 0) is 39.8 Å². The van der Waals surface area contributed by atoms with Crippen LogP contribution in [0.2, 0.25) is 0 Å². The van der Waals surface area contributed by atoms with Crippen molar-refractivity contribution in [3.05, 3.63) is 51.6 Å². The van der Waals surface area contributed by atoms with Crippen molar-refractivity contribution in [3.8, 4) is 17.2 Å². The van der Waals surface area contributed by atoms with Gasteiger partial charge in [-0.1, -0.05) is 109 Å². The third kappa shape index (κ3) is 11.8. The fourth-order valence-electron chi connectivity index (χ4n) is 8.78. The number of unbranched alkanes of at least 4 members (excludes halogenated alkanes) is 14. The molecule has 0 unspecified atom stereocenters. The summed E-state index contributed by atoms with van der Waals surface area (Å²) >= 11 is 0. The third-order valence-electron chi connectivity index (χ3n) is 12.4. The molecule has 0 amide bonds. The van der Waals surface area contributed by atoms with Gasteiger partial charge in [0.05, 0.1) is 42.1 Å².